The molecule has 0 bridgehead atoms. The van der Waals surface area contributed by atoms with Gasteiger partial charge in [-0.05, 0) is 136 Å². The molecule has 126 heavy (non-hydrogen) atoms. The van der Waals surface area contributed by atoms with Crippen LogP contribution in [0, 0.1) is 184 Å². The van der Waals surface area contributed by atoms with Gasteiger partial charge in [0.1, 0.15) is 69.4 Å². The van der Waals surface area contributed by atoms with Crippen LogP contribution < -0.4 is 0 Å². The molecule has 690 valence electrons. The Morgan fingerprint density at radius 2 is 0.762 bits per heavy atom. The van der Waals surface area contributed by atoms with E-state index in [2.05, 4.69) is 129 Å². The van der Waals surface area contributed by atoms with E-state index in [0.29, 0.717) is 107 Å². The van der Waals surface area contributed by atoms with Crippen LogP contribution in [0.5, 0.6) is 0 Å². The molecule has 3 N–H and O–H groups in total. The van der Waals surface area contributed by atoms with Crippen LogP contribution in [0.2, 0.25) is 0 Å². The number of carbonyl (C=O) groups excluding carboxylic acids is 1. The summed E-state index contributed by atoms with van der Waals surface area (Å²) in [5.41, 5.74) is 2.91. The topological polar surface area (TPSA) is 696 Å². The quantitative estimate of drug-likeness (QED) is 0.0330. The largest absolute Gasteiger partial charge is 0.459 e. The van der Waals surface area contributed by atoms with Gasteiger partial charge in [0.15, 0.2) is 11.2 Å². The van der Waals surface area contributed by atoms with E-state index < -0.39 is 72.0 Å². The van der Waals surface area contributed by atoms with Gasteiger partial charge >= 0.3 is 64.1 Å². The minimum atomic E-state index is -1.27. The van der Waals surface area contributed by atoms with Crippen molar-refractivity contribution in [3.05, 3.63) is 234 Å². The summed E-state index contributed by atoms with van der Waals surface area (Å²) < 4.78 is 20.1. The van der Waals surface area contributed by atoms with Crippen LogP contribution in [0.4, 0.5) is 58.2 Å². The molecule has 55 nitrogen and oxygen atoms in total. The first-order chi connectivity index (χ1) is 58.2. The van der Waals surface area contributed by atoms with E-state index >= 15 is 0 Å². The molecule has 11 aromatic heterocycles. The number of carbonyl (C=O) groups is 1. The highest BCUT2D eigenvalue weighted by Crippen LogP contribution is 2.33. The maximum atomic E-state index is 11.9. The normalized spacial score (nSPS) is 10.5. The number of aliphatic hydroxyl groups is 1. The van der Waals surface area contributed by atoms with E-state index in [1.807, 2.05) is 6.92 Å². The molecule has 0 aliphatic heterocycles. The Balaban J connectivity index is 0.000000698. The molecule has 0 spiro atoms. The number of nitro groups is 10. The number of H-pyrrole nitrogens is 2. The molecular weight excluding hydrogens is 1990 g/mol. The van der Waals surface area contributed by atoms with Crippen molar-refractivity contribution in [2.24, 2.45) is 63.4 Å². The third-order valence-corrected chi connectivity index (χ3v) is 19.9. The second-order valence-corrected chi connectivity index (χ2v) is 29.4. The molecule has 11 heterocycles. The number of hydrogen-bond donors (Lipinski definition) is 3. The van der Waals surface area contributed by atoms with Crippen LogP contribution in [-0.4, -0.2) is 172 Å². The fourth-order valence-electron chi connectivity index (χ4n) is 9.24. The number of aryl methyl sites for hydroxylation is 11. The molecule has 0 fully saturated rings. The van der Waals surface area contributed by atoms with Gasteiger partial charge in [0, 0.05) is 154 Å². The fourth-order valence-corrected chi connectivity index (χ4v) is 12.1. The number of aliphatic hydroxyl groups excluding tert-OH is 1. The van der Waals surface area contributed by atoms with Gasteiger partial charge in [-0.1, -0.05) is 47.8 Å². The number of imidazole rings is 11. The molecule has 61 heteroatoms. The lowest BCUT2D eigenvalue weighted by Crippen LogP contribution is -2.27. The third-order valence-electron chi connectivity index (χ3n) is 17.0. The van der Waals surface area contributed by atoms with E-state index in [-0.39, 0.29) is 76.2 Å². The average Bonchev–Trinajstić information content (AvgIpc) is 1.65. The van der Waals surface area contributed by atoms with Gasteiger partial charge in [0.2, 0.25) is 46.6 Å². The van der Waals surface area contributed by atoms with Gasteiger partial charge < -0.3 is 153 Å². The number of alkyl halides is 5. The van der Waals surface area contributed by atoms with Crippen molar-refractivity contribution in [2.45, 2.75) is 143 Å². The third kappa shape index (κ3) is 31.8. The van der Waals surface area contributed by atoms with Crippen molar-refractivity contribution in [1.82, 2.24) is 106 Å². The Hall–Kier alpha value is -12.8. The van der Waals surface area contributed by atoms with E-state index in [9.17, 15) is 106 Å². The monoisotopic (exact) mass is 2070 g/mol. The number of aromatic amines is 2. The highest BCUT2D eigenvalue weighted by molar-refractivity contribution is 9.10. The number of aromatic nitrogens is 22. The zero-order valence-electron chi connectivity index (χ0n) is 72.0. The summed E-state index contributed by atoms with van der Waals surface area (Å²) in [5, 5.41) is 113. The Morgan fingerprint density at radius 1 is 0.437 bits per heavy atom. The zero-order valence-corrected chi connectivity index (χ0v) is 79.9. The Kier molecular flexibility index (Phi) is 44.4. The van der Waals surface area contributed by atoms with Gasteiger partial charge in [-0.15, -0.1) is 23.2 Å². The standard InChI is InChI=1S/C11H16ClN3O4.3C6H8BrN3O2.C6H8ClN3O2.C6H9N3O3.C6H9N3O2.C5H6BrN3O2.C5H7N3O2.C4H5N3O2.C4H6N2/c1-6-13-9(15(17)18)8(14(6)5)7(12)10(16)19-11(2,3)4;4*1-4-8-6(10(11)12)5(3-7)9(4)2;1-4-7-6(9(11)12)5(3-10)8(4)2;1-4-6(9(10)11)7-5(2)8(4)3;1-3-4(9(10)11)7-5(6)8(3)2;1-4-6-5(8(9)10)3-7(4)2;1-3-5-2-4(6-3)7(8)9;1-4-5-2-3-6-4/h7H,1-5H3;4*3H2,1-2H3;10H,3H2,1-2H3;1-3H3;1-2H3;3H,1-2H3;2H,1H3,(H,5,6);2-3H,1H3,(H,5,6). The Morgan fingerprint density at radius 3 is 0.960 bits per heavy atom. The van der Waals surface area contributed by atoms with Crippen molar-refractivity contribution in [3.8, 4) is 0 Å². The second kappa shape index (κ2) is 50.3. The number of ether oxygens (including phenoxy) is 1. The SMILES string of the molecule is Cc1c([N+](=O)[O-])nc(Br)n1C.Cc1nc([N+](=O)[O-])c(C(Cl)C(=O)OC(C)(C)C)n1C.Cc1nc([N+](=O)[O-])c(C)n1C.Cc1nc([N+](=O)[O-])c(CBr)n1C.Cc1nc([N+](=O)[O-])c(CBr)n1C.Cc1nc([N+](=O)[O-])c(CBr)n1C.Cc1nc([N+](=O)[O-])c(CCl)n1C.Cc1nc([N+](=O)[O-])c(CO)n1C.Cc1nc([N+](=O)[O-])cn1C.Cc1ncc([N+](=O)[O-])[nH]1.Cc1ncc[nH]1. The summed E-state index contributed by atoms with van der Waals surface area (Å²) in [5.74, 6) is 4.32. The minimum Gasteiger partial charge on any atom is -0.459 e. The molecule has 11 aromatic rings. The Labute approximate surface area is 757 Å². The first kappa shape index (κ1) is 111. The van der Waals surface area contributed by atoms with Crippen LogP contribution in [0.1, 0.15) is 130 Å². The summed E-state index contributed by atoms with van der Waals surface area (Å²) >= 11 is 24.1. The number of hydrogen-bond acceptors (Lipinski definition) is 34. The van der Waals surface area contributed by atoms with Gasteiger partial charge in [0.25, 0.3) is 4.73 Å². The average molecular weight is 2080 g/mol. The molecule has 11 rings (SSSR count). The smallest absolute Gasteiger partial charge is 0.387 e. The summed E-state index contributed by atoms with van der Waals surface area (Å²) in [6.45, 7) is 25.2. The van der Waals surface area contributed by atoms with Crippen molar-refractivity contribution >= 4 is 151 Å². The first-order valence-corrected chi connectivity index (χ1v) is 40.3. The molecule has 0 aromatic carbocycles. The van der Waals surface area contributed by atoms with Crippen LogP contribution in [-0.2, 0) is 101 Å². The van der Waals surface area contributed by atoms with Crippen molar-refractivity contribution in [3.63, 3.8) is 0 Å². The lowest BCUT2D eigenvalue weighted by molar-refractivity contribution is -0.390. The minimum absolute atomic E-state index is 0.0263. The number of rotatable bonds is 17. The summed E-state index contributed by atoms with van der Waals surface area (Å²) in [6, 6.07) is 0. The summed E-state index contributed by atoms with van der Waals surface area (Å²) in [6.07, 6.45) is 6.11. The van der Waals surface area contributed by atoms with E-state index in [0.717, 1.165) is 5.82 Å². The van der Waals surface area contributed by atoms with E-state index in [1.54, 1.807) is 205 Å². The van der Waals surface area contributed by atoms with Crippen molar-refractivity contribution < 1.29 is 63.9 Å². The van der Waals surface area contributed by atoms with Crippen LogP contribution in [0.3, 0.4) is 0 Å². The van der Waals surface area contributed by atoms with Crippen LogP contribution in [0.25, 0.3) is 0 Å². The van der Waals surface area contributed by atoms with Gasteiger partial charge in [-0.2, -0.15) is 0 Å². The van der Waals surface area contributed by atoms with Gasteiger partial charge in [0.05, 0.1) is 28.5 Å². The molecule has 0 radical (unpaired) electrons. The highest BCUT2D eigenvalue weighted by Gasteiger charge is 2.36. The predicted molar refractivity (Wildman–Crippen MR) is 465 cm³/mol. The molecule has 0 aliphatic rings. The van der Waals surface area contributed by atoms with Crippen molar-refractivity contribution in [2.75, 3.05) is 0 Å². The Bertz CT molecular complexity index is 5220. The maximum absolute atomic E-state index is 11.9. The van der Waals surface area contributed by atoms with E-state index in [1.165, 1.54) is 21.5 Å². The molecule has 1 atom stereocenters. The molecule has 0 aliphatic carbocycles. The molecule has 0 amide bonds. The zero-order chi connectivity index (χ0) is 97.6. The molecule has 0 saturated heterocycles. The highest BCUT2D eigenvalue weighted by atomic mass is 79.9. The fraction of sp³-hybridized carbons (Fsp3) is 0.477. The molecule has 1 unspecified atom stereocenters. The van der Waals surface area contributed by atoms with Gasteiger partial charge in [-0.3, -0.25) is 4.57 Å². The number of nitrogens with zero attached hydrogens (tertiary/aromatic N) is 30. The van der Waals surface area contributed by atoms with Crippen LogP contribution >= 0.6 is 86.9 Å². The van der Waals surface area contributed by atoms with Crippen molar-refractivity contribution in [1.29, 1.82) is 0 Å². The first-order valence-electron chi connectivity index (χ1n) is 35.2. The van der Waals surface area contributed by atoms with Crippen LogP contribution in [0.15, 0.2) is 29.5 Å². The molecular formula is C65H90Br4Cl2N32O23. The maximum Gasteiger partial charge on any atom is 0.387 e. The summed E-state index contributed by atoms with van der Waals surface area (Å²) in [7, 11) is 15.3. The molecule has 0 saturated carbocycles. The van der Waals surface area contributed by atoms with E-state index in [4.69, 9.17) is 33.0 Å². The predicted octanol–water partition coefficient (Wildman–Crippen LogP) is 12.7. The lowest BCUT2D eigenvalue weighted by atomic mass is 10.2. The number of nitrogens with one attached hydrogen (secondary N) is 2. The van der Waals surface area contributed by atoms with Gasteiger partial charge in [-0.25, -0.2) is 19.7 Å². The number of halogens is 6. The second-order valence-electron chi connectivity index (χ2n) is 26.3. The number of esters is 1. The lowest BCUT2D eigenvalue weighted by Gasteiger charge is -2.21. The summed E-state index contributed by atoms with van der Waals surface area (Å²) in [4.78, 5) is 157.